The Hall–Kier alpha value is -5.25. The third kappa shape index (κ3) is 4.94. The molecule has 0 saturated carbocycles. The maximum Gasteiger partial charge on any atom is 0.249 e. The van der Waals surface area contributed by atoms with E-state index in [-0.39, 0.29) is 25.4 Å². The van der Waals surface area contributed by atoms with Crippen LogP contribution in [0.4, 0.5) is 10.1 Å². The molecule has 2 heterocycles. The van der Waals surface area contributed by atoms with Gasteiger partial charge in [-0.15, -0.1) is 5.10 Å². The molecule has 1 aromatic heterocycles. The molecular weight excluding hydrogens is 513 g/mol. The fraction of sp³-hybridized carbons (Fsp3) is 0.133. The van der Waals surface area contributed by atoms with E-state index in [9.17, 15) is 9.59 Å². The largest absolute Gasteiger partial charge is 0.454 e. The Kier molecular flexibility index (Phi) is 6.80. The summed E-state index contributed by atoms with van der Waals surface area (Å²) in [5.74, 6) is -0.749. The molecule has 9 nitrogen and oxygen atoms in total. The van der Waals surface area contributed by atoms with Crippen molar-refractivity contribution in [2.45, 2.75) is 19.1 Å². The van der Waals surface area contributed by atoms with Crippen molar-refractivity contribution in [3.05, 3.63) is 114 Å². The molecule has 0 saturated heterocycles. The minimum Gasteiger partial charge on any atom is -0.454 e. The van der Waals surface area contributed by atoms with Crippen molar-refractivity contribution < 1.29 is 23.5 Å². The first-order chi connectivity index (χ1) is 19.6. The number of nitrogens with zero attached hydrogens (tertiary/aromatic N) is 4. The maximum absolute atomic E-state index is 15.3. The van der Waals surface area contributed by atoms with Gasteiger partial charge < -0.3 is 14.8 Å². The van der Waals surface area contributed by atoms with E-state index in [0.717, 1.165) is 5.56 Å². The number of fused-ring (bicyclic) bond motifs is 2. The molecule has 4 aromatic carbocycles. The summed E-state index contributed by atoms with van der Waals surface area (Å²) in [6.45, 7) is -0.0145. The van der Waals surface area contributed by atoms with Crippen LogP contribution in [0.25, 0.3) is 11.0 Å². The number of rotatable bonds is 8. The standard InChI is InChI=1S/C30H24FN5O4/c31-23-11-5-4-10-22(23)29(30(38)32-17-20-8-2-1-3-9-20)36(21-14-15-26-27(16-21)40-19-39-26)28(37)18-35-25-13-7-6-12-24(25)33-34-35/h1-16,29H,17-19H2,(H,32,38)/t29-/m1/s1. The van der Waals surface area contributed by atoms with Crippen LogP contribution in [-0.4, -0.2) is 33.6 Å². The number of nitrogens with one attached hydrogen (secondary N) is 1. The second kappa shape index (κ2) is 10.9. The summed E-state index contributed by atoms with van der Waals surface area (Å²) < 4.78 is 27.8. The lowest BCUT2D eigenvalue weighted by Crippen LogP contribution is -2.45. The molecule has 5 aromatic rings. The SMILES string of the molecule is O=C(NCc1ccccc1)[C@@H](c1ccccc1F)N(C(=O)Cn1nnc2ccccc21)c1ccc2c(c1)OCO2. The predicted octanol–water partition coefficient (Wildman–Crippen LogP) is 4.39. The Morgan fingerprint density at radius 2 is 1.68 bits per heavy atom. The fourth-order valence-corrected chi connectivity index (χ4v) is 4.69. The van der Waals surface area contributed by atoms with Crippen molar-refractivity contribution in [1.29, 1.82) is 0 Å². The number of hydrogen-bond acceptors (Lipinski definition) is 6. The zero-order valence-electron chi connectivity index (χ0n) is 21.2. The van der Waals surface area contributed by atoms with Crippen molar-refractivity contribution in [3.8, 4) is 11.5 Å². The zero-order valence-corrected chi connectivity index (χ0v) is 21.2. The predicted molar refractivity (Wildman–Crippen MR) is 145 cm³/mol. The van der Waals surface area contributed by atoms with Gasteiger partial charge in [-0.3, -0.25) is 14.5 Å². The Morgan fingerprint density at radius 3 is 2.52 bits per heavy atom. The van der Waals surface area contributed by atoms with Gasteiger partial charge in [0.1, 0.15) is 23.9 Å². The van der Waals surface area contributed by atoms with E-state index < -0.39 is 23.7 Å². The lowest BCUT2D eigenvalue weighted by molar-refractivity contribution is -0.127. The third-order valence-electron chi connectivity index (χ3n) is 6.62. The number of aromatic nitrogens is 3. The molecule has 1 aliphatic heterocycles. The van der Waals surface area contributed by atoms with Crippen molar-refractivity contribution in [1.82, 2.24) is 20.3 Å². The number of ether oxygens (including phenoxy) is 2. The van der Waals surface area contributed by atoms with Crippen LogP contribution in [0.1, 0.15) is 17.2 Å². The highest BCUT2D eigenvalue weighted by Crippen LogP contribution is 2.38. The van der Waals surface area contributed by atoms with Gasteiger partial charge >= 0.3 is 0 Å². The van der Waals surface area contributed by atoms with Gasteiger partial charge in [-0.05, 0) is 35.9 Å². The van der Waals surface area contributed by atoms with E-state index in [1.165, 1.54) is 27.8 Å². The van der Waals surface area contributed by atoms with Crippen LogP contribution in [-0.2, 0) is 22.7 Å². The number of anilines is 1. The first kappa shape index (κ1) is 25.1. The molecular formula is C30H24FN5O4. The summed E-state index contributed by atoms with van der Waals surface area (Å²) >= 11 is 0. The van der Waals surface area contributed by atoms with Crippen LogP contribution in [0.3, 0.4) is 0 Å². The van der Waals surface area contributed by atoms with Gasteiger partial charge in [-0.1, -0.05) is 65.9 Å². The number of para-hydroxylation sites is 1. The minimum atomic E-state index is -1.34. The summed E-state index contributed by atoms with van der Waals surface area (Å²) in [6, 6.07) is 26.1. The van der Waals surface area contributed by atoms with Gasteiger partial charge in [0.15, 0.2) is 11.5 Å². The molecule has 0 bridgehead atoms. The Labute approximate surface area is 228 Å². The lowest BCUT2D eigenvalue weighted by atomic mass is 10.0. The molecule has 0 unspecified atom stereocenters. The molecule has 0 fully saturated rings. The maximum atomic E-state index is 15.3. The Bertz CT molecular complexity index is 1690. The zero-order chi connectivity index (χ0) is 27.5. The molecule has 0 aliphatic carbocycles. The molecule has 40 heavy (non-hydrogen) atoms. The third-order valence-corrected chi connectivity index (χ3v) is 6.62. The van der Waals surface area contributed by atoms with Gasteiger partial charge in [0, 0.05) is 23.9 Å². The number of hydrogen-bond donors (Lipinski definition) is 1. The Balaban J connectivity index is 1.43. The second-order valence-corrected chi connectivity index (χ2v) is 9.16. The molecule has 0 radical (unpaired) electrons. The second-order valence-electron chi connectivity index (χ2n) is 9.16. The molecule has 200 valence electrons. The van der Waals surface area contributed by atoms with Gasteiger partial charge in [-0.2, -0.15) is 0 Å². The molecule has 10 heteroatoms. The summed E-state index contributed by atoms with van der Waals surface area (Å²) in [4.78, 5) is 29.3. The van der Waals surface area contributed by atoms with Gasteiger partial charge in [0.2, 0.25) is 18.6 Å². The molecule has 6 rings (SSSR count). The smallest absolute Gasteiger partial charge is 0.249 e. The highest BCUT2D eigenvalue weighted by Gasteiger charge is 2.35. The molecule has 2 amide bonds. The van der Waals surface area contributed by atoms with Crippen LogP contribution in [0.2, 0.25) is 0 Å². The first-order valence-corrected chi connectivity index (χ1v) is 12.6. The van der Waals surface area contributed by atoms with Crippen LogP contribution in [0, 0.1) is 5.82 Å². The molecule has 1 atom stereocenters. The number of carbonyl (C=O) groups excluding carboxylic acids is 2. The number of benzene rings is 4. The van der Waals surface area contributed by atoms with E-state index in [1.54, 1.807) is 36.4 Å². The van der Waals surface area contributed by atoms with Crippen molar-refractivity contribution in [2.75, 3.05) is 11.7 Å². The van der Waals surface area contributed by atoms with Crippen molar-refractivity contribution >= 4 is 28.5 Å². The van der Waals surface area contributed by atoms with E-state index >= 15 is 4.39 Å². The van der Waals surface area contributed by atoms with Crippen LogP contribution in [0.15, 0.2) is 97.1 Å². The minimum absolute atomic E-state index is 0.0337. The first-order valence-electron chi connectivity index (χ1n) is 12.6. The van der Waals surface area contributed by atoms with Crippen LogP contribution in [0.5, 0.6) is 11.5 Å². The van der Waals surface area contributed by atoms with E-state index in [0.29, 0.717) is 28.2 Å². The molecule has 0 spiro atoms. The van der Waals surface area contributed by atoms with E-state index in [2.05, 4.69) is 15.6 Å². The van der Waals surface area contributed by atoms with Crippen LogP contribution >= 0.6 is 0 Å². The average Bonchev–Trinajstić information content (AvgIpc) is 3.62. The molecule has 1 N–H and O–H groups in total. The summed E-state index contributed by atoms with van der Waals surface area (Å²) in [5.41, 5.74) is 2.51. The molecule has 1 aliphatic rings. The number of halogens is 1. The topological polar surface area (TPSA) is 98.6 Å². The normalized spacial score (nSPS) is 12.7. The monoisotopic (exact) mass is 537 g/mol. The van der Waals surface area contributed by atoms with Gasteiger partial charge in [0.25, 0.3) is 0 Å². The van der Waals surface area contributed by atoms with Gasteiger partial charge in [0.05, 0.1) is 5.52 Å². The van der Waals surface area contributed by atoms with E-state index in [1.807, 2.05) is 42.5 Å². The lowest BCUT2D eigenvalue weighted by Gasteiger charge is -2.32. The highest BCUT2D eigenvalue weighted by molar-refractivity contribution is 6.01. The Morgan fingerprint density at radius 1 is 0.925 bits per heavy atom. The number of carbonyl (C=O) groups is 2. The summed E-state index contributed by atoms with van der Waals surface area (Å²) in [7, 11) is 0. The quantitative estimate of drug-likeness (QED) is 0.315. The van der Waals surface area contributed by atoms with Crippen LogP contribution < -0.4 is 19.7 Å². The highest BCUT2D eigenvalue weighted by atomic mass is 19.1. The van der Waals surface area contributed by atoms with E-state index in [4.69, 9.17) is 9.47 Å². The summed E-state index contributed by atoms with van der Waals surface area (Å²) in [6.07, 6.45) is 0. The average molecular weight is 538 g/mol. The fourth-order valence-electron chi connectivity index (χ4n) is 4.69. The van der Waals surface area contributed by atoms with Gasteiger partial charge in [-0.25, -0.2) is 9.07 Å². The number of amides is 2. The van der Waals surface area contributed by atoms with Crippen molar-refractivity contribution in [2.24, 2.45) is 0 Å². The van der Waals surface area contributed by atoms with Crippen molar-refractivity contribution in [3.63, 3.8) is 0 Å². The summed E-state index contributed by atoms with van der Waals surface area (Å²) in [5, 5.41) is 11.2.